The number of hydrogen-bond donors (Lipinski definition) is 1. The van der Waals surface area contributed by atoms with E-state index in [0.29, 0.717) is 11.5 Å². The standard InChI is InChI=1S/C14H12O3/c1-9(2)17-13-6-5-10-7-12(14(15)16)4-3-11(10)8-13/h3-8H,1H2,2H3,(H,15,16). The van der Waals surface area contributed by atoms with E-state index in [0.717, 1.165) is 10.8 Å². The molecule has 0 aromatic heterocycles. The first-order valence-electron chi connectivity index (χ1n) is 5.17. The van der Waals surface area contributed by atoms with Crippen LogP contribution >= 0.6 is 0 Å². The molecular formula is C14H12O3. The average Bonchev–Trinajstić information content (AvgIpc) is 2.27. The molecule has 0 fully saturated rings. The van der Waals surface area contributed by atoms with Crippen molar-refractivity contribution in [3.63, 3.8) is 0 Å². The SMILES string of the molecule is C=C(C)Oc1ccc2cc(C(=O)O)ccc2c1. The molecule has 17 heavy (non-hydrogen) atoms. The highest BCUT2D eigenvalue weighted by Gasteiger charge is 2.04. The largest absolute Gasteiger partial charge is 0.478 e. The van der Waals surface area contributed by atoms with E-state index in [1.54, 1.807) is 31.2 Å². The Labute approximate surface area is 99.0 Å². The summed E-state index contributed by atoms with van der Waals surface area (Å²) in [6.07, 6.45) is 0. The molecule has 0 aliphatic heterocycles. The number of benzene rings is 2. The molecule has 0 bridgehead atoms. The van der Waals surface area contributed by atoms with Crippen molar-refractivity contribution in [1.82, 2.24) is 0 Å². The molecule has 0 saturated heterocycles. The number of ether oxygens (including phenoxy) is 1. The molecule has 0 aliphatic rings. The summed E-state index contributed by atoms with van der Waals surface area (Å²) >= 11 is 0. The van der Waals surface area contributed by atoms with E-state index in [2.05, 4.69) is 6.58 Å². The van der Waals surface area contributed by atoms with E-state index in [-0.39, 0.29) is 5.56 Å². The lowest BCUT2D eigenvalue weighted by Crippen LogP contribution is -1.95. The van der Waals surface area contributed by atoms with Gasteiger partial charge in [-0.1, -0.05) is 18.7 Å². The highest BCUT2D eigenvalue weighted by Crippen LogP contribution is 2.23. The molecule has 0 atom stereocenters. The number of carboxylic acid groups (broad SMARTS) is 1. The molecule has 1 N–H and O–H groups in total. The molecule has 3 nitrogen and oxygen atoms in total. The Morgan fingerprint density at radius 2 is 1.82 bits per heavy atom. The van der Waals surface area contributed by atoms with Gasteiger partial charge in [0.05, 0.1) is 11.3 Å². The Bertz CT molecular complexity index is 599. The average molecular weight is 228 g/mol. The molecule has 0 unspecified atom stereocenters. The third-order valence-corrected chi connectivity index (χ3v) is 2.35. The molecule has 2 aromatic rings. The van der Waals surface area contributed by atoms with Crippen LogP contribution in [0.15, 0.2) is 48.7 Å². The van der Waals surface area contributed by atoms with Crippen molar-refractivity contribution in [3.05, 3.63) is 54.3 Å². The van der Waals surface area contributed by atoms with Crippen molar-refractivity contribution in [1.29, 1.82) is 0 Å². The number of fused-ring (bicyclic) bond motifs is 1. The van der Waals surface area contributed by atoms with Crippen LogP contribution in [0.1, 0.15) is 17.3 Å². The van der Waals surface area contributed by atoms with Crippen LogP contribution in [-0.2, 0) is 0 Å². The van der Waals surface area contributed by atoms with Gasteiger partial charge in [-0.2, -0.15) is 0 Å². The maximum atomic E-state index is 10.8. The number of carboxylic acids is 1. The fraction of sp³-hybridized carbons (Fsp3) is 0.0714. The Morgan fingerprint density at radius 3 is 2.47 bits per heavy atom. The third-order valence-electron chi connectivity index (χ3n) is 2.35. The van der Waals surface area contributed by atoms with Gasteiger partial charge < -0.3 is 9.84 Å². The Hall–Kier alpha value is -2.29. The van der Waals surface area contributed by atoms with E-state index in [4.69, 9.17) is 9.84 Å². The minimum absolute atomic E-state index is 0.283. The number of carbonyl (C=O) groups is 1. The molecule has 2 rings (SSSR count). The third kappa shape index (κ3) is 2.45. The normalized spacial score (nSPS) is 10.2. The first-order chi connectivity index (χ1) is 8.06. The van der Waals surface area contributed by atoms with Crippen molar-refractivity contribution in [2.24, 2.45) is 0 Å². The van der Waals surface area contributed by atoms with Gasteiger partial charge in [0.1, 0.15) is 5.75 Å². The van der Waals surface area contributed by atoms with Crippen molar-refractivity contribution in [2.75, 3.05) is 0 Å². The van der Waals surface area contributed by atoms with Gasteiger partial charge >= 0.3 is 5.97 Å². The summed E-state index contributed by atoms with van der Waals surface area (Å²) in [5, 5.41) is 10.7. The maximum absolute atomic E-state index is 10.8. The lowest BCUT2D eigenvalue weighted by atomic mass is 10.1. The second-order valence-corrected chi connectivity index (χ2v) is 3.83. The lowest BCUT2D eigenvalue weighted by Gasteiger charge is -2.06. The second-order valence-electron chi connectivity index (χ2n) is 3.83. The maximum Gasteiger partial charge on any atom is 0.335 e. The van der Waals surface area contributed by atoms with Gasteiger partial charge in [-0.25, -0.2) is 4.79 Å². The second kappa shape index (κ2) is 4.29. The van der Waals surface area contributed by atoms with E-state index >= 15 is 0 Å². The Balaban J connectivity index is 2.46. The van der Waals surface area contributed by atoms with Crippen molar-refractivity contribution < 1.29 is 14.6 Å². The topological polar surface area (TPSA) is 46.5 Å². The summed E-state index contributed by atoms with van der Waals surface area (Å²) in [5.41, 5.74) is 0.283. The van der Waals surface area contributed by atoms with E-state index in [1.165, 1.54) is 0 Å². The van der Waals surface area contributed by atoms with Gasteiger partial charge in [-0.3, -0.25) is 0 Å². The van der Waals surface area contributed by atoms with E-state index in [9.17, 15) is 4.79 Å². The van der Waals surface area contributed by atoms with Gasteiger partial charge in [0, 0.05) is 0 Å². The molecule has 0 radical (unpaired) electrons. The lowest BCUT2D eigenvalue weighted by molar-refractivity contribution is 0.0697. The number of aromatic carboxylic acids is 1. The predicted molar refractivity (Wildman–Crippen MR) is 66.3 cm³/mol. The van der Waals surface area contributed by atoms with Crippen LogP contribution in [0.5, 0.6) is 5.75 Å². The van der Waals surface area contributed by atoms with Crippen LogP contribution in [0.25, 0.3) is 10.8 Å². The molecule has 0 heterocycles. The first-order valence-corrected chi connectivity index (χ1v) is 5.17. The quantitative estimate of drug-likeness (QED) is 0.818. The van der Waals surface area contributed by atoms with Gasteiger partial charge in [0.25, 0.3) is 0 Å². The zero-order chi connectivity index (χ0) is 12.4. The smallest absolute Gasteiger partial charge is 0.335 e. The number of rotatable bonds is 3. The molecule has 0 saturated carbocycles. The van der Waals surface area contributed by atoms with E-state index in [1.807, 2.05) is 12.1 Å². The first kappa shape index (κ1) is 11.2. The summed E-state index contributed by atoms with van der Waals surface area (Å²) in [6.45, 7) is 5.44. The number of hydrogen-bond acceptors (Lipinski definition) is 2. The fourth-order valence-electron chi connectivity index (χ4n) is 1.62. The van der Waals surface area contributed by atoms with Crippen molar-refractivity contribution in [2.45, 2.75) is 6.92 Å². The zero-order valence-corrected chi connectivity index (χ0v) is 9.43. The van der Waals surface area contributed by atoms with Crippen LogP contribution in [-0.4, -0.2) is 11.1 Å². The minimum atomic E-state index is -0.922. The van der Waals surface area contributed by atoms with Gasteiger partial charge in [0.15, 0.2) is 0 Å². The highest BCUT2D eigenvalue weighted by atomic mass is 16.5. The zero-order valence-electron chi connectivity index (χ0n) is 9.43. The highest BCUT2D eigenvalue weighted by molar-refractivity contribution is 5.94. The molecular weight excluding hydrogens is 216 g/mol. The fourth-order valence-corrected chi connectivity index (χ4v) is 1.62. The van der Waals surface area contributed by atoms with Crippen LogP contribution in [0.2, 0.25) is 0 Å². The Morgan fingerprint density at radius 1 is 1.18 bits per heavy atom. The number of allylic oxidation sites excluding steroid dienone is 1. The molecule has 0 amide bonds. The van der Waals surface area contributed by atoms with E-state index < -0.39 is 5.97 Å². The van der Waals surface area contributed by atoms with Gasteiger partial charge in [-0.15, -0.1) is 0 Å². The van der Waals surface area contributed by atoms with Gasteiger partial charge in [-0.05, 0) is 42.0 Å². The summed E-state index contributed by atoms with van der Waals surface area (Å²) < 4.78 is 5.39. The molecule has 2 aromatic carbocycles. The summed E-state index contributed by atoms with van der Waals surface area (Å²) in [6, 6.07) is 10.5. The van der Waals surface area contributed by atoms with Crippen LogP contribution < -0.4 is 4.74 Å². The molecule has 0 aliphatic carbocycles. The van der Waals surface area contributed by atoms with Crippen LogP contribution in [0.3, 0.4) is 0 Å². The van der Waals surface area contributed by atoms with Gasteiger partial charge in [0.2, 0.25) is 0 Å². The van der Waals surface area contributed by atoms with Crippen LogP contribution in [0, 0.1) is 0 Å². The molecule has 3 heteroatoms. The summed E-state index contributed by atoms with van der Waals surface area (Å²) in [7, 11) is 0. The van der Waals surface area contributed by atoms with Crippen molar-refractivity contribution >= 4 is 16.7 Å². The molecule has 86 valence electrons. The minimum Gasteiger partial charge on any atom is -0.478 e. The summed E-state index contributed by atoms with van der Waals surface area (Å²) in [4.78, 5) is 10.8. The van der Waals surface area contributed by atoms with Crippen LogP contribution in [0.4, 0.5) is 0 Å². The summed E-state index contributed by atoms with van der Waals surface area (Å²) in [5.74, 6) is 0.397. The van der Waals surface area contributed by atoms with Crippen molar-refractivity contribution in [3.8, 4) is 5.75 Å². The molecule has 0 spiro atoms. The Kier molecular flexibility index (Phi) is 2.83. The predicted octanol–water partition coefficient (Wildman–Crippen LogP) is 3.45. The monoisotopic (exact) mass is 228 g/mol.